The van der Waals surface area contributed by atoms with E-state index < -0.39 is 158 Å². The number of amides is 9. The molecule has 0 aromatic heterocycles. The summed E-state index contributed by atoms with van der Waals surface area (Å²) in [5.74, 6) is -14.0. The highest BCUT2D eigenvalue weighted by Crippen LogP contribution is 2.13. The minimum Gasteiger partial charge on any atom is -0.508 e. The summed E-state index contributed by atoms with van der Waals surface area (Å²) in [6.45, 7) is 5.59. The quantitative estimate of drug-likeness (QED) is 0.0291. The van der Waals surface area contributed by atoms with E-state index in [1.165, 1.54) is 24.3 Å². The first kappa shape index (κ1) is 63.5. The fraction of sp³-hybridized carbons (Fsp3) is 0.591. The molecule has 1 aromatic rings. The van der Waals surface area contributed by atoms with Gasteiger partial charge in [0.15, 0.2) is 6.04 Å². The highest BCUT2D eigenvalue weighted by atomic mass is 16.4. The second kappa shape index (κ2) is 31.8. The van der Waals surface area contributed by atoms with Crippen LogP contribution in [-0.4, -0.2) is 182 Å². The molecule has 408 valence electrons. The van der Waals surface area contributed by atoms with Crippen LogP contribution in [0.2, 0.25) is 0 Å². The van der Waals surface area contributed by atoms with Gasteiger partial charge in [-0.15, -0.1) is 0 Å². The standard InChI is InChI=1S/C44H69N11O18/c1-20(2)14-28(41(69)54-35(22(4)56)43(71)53-29(15-24-9-11-25(58)12-10-24)42(70)55-36(23(5)57)44(72)73)52-39(67)27(8-6-7-13-45)50-32(60)19-47-31(59)18-48-37(65)21(3)49-40(68)30(17-34(63)64)51-38(66)26(46)16-33(61)62/h9-12,20-23,26-30,35-36,56-58H,6-8,13-19,45-46H2,1-5H3,(H,47,59)(H,48,65)(H,49,68)(H,50,60)(H,51,66)(H,52,67)(H,53,71)(H,54,69)(H,55,70)(H,61,62)(H,63,64)(H,72,73)/t21-,22+,23+,26-,27-,28-,29-,30-,35-,36-/m0/s1. The van der Waals surface area contributed by atoms with Gasteiger partial charge in [0.1, 0.15) is 42.0 Å². The zero-order valence-electron chi connectivity index (χ0n) is 41.0. The van der Waals surface area contributed by atoms with Gasteiger partial charge >= 0.3 is 17.9 Å². The molecule has 9 amide bonds. The van der Waals surface area contributed by atoms with Gasteiger partial charge in [-0.3, -0.25) is 52.7 Å². The van der Waals surface area contributed by atoms with Crippen molar-refractivity contribution in [3.05, 3.63) is 29.8 Å². The molecule has 0 aliphatic rings. The topological polar surface area (TPSA) is 487 Å². The highest BCUT2D eigenvalue weighted by Gasteiger charge is 2.36. The molecule has 29 heteroatoms. The maximum atomic E-state index is 13.8. The predicted molar refractivity (Wildman–Crippen MR) is 253 cm³/mol. The first-order valence-electron chi connectivity index (χ1n) is 23.0. The van der Waals surface area contributed by atoms with Crippen molar-refractivity contribution in [2.45, 2.75) is 140 Å². The van der Waals surface area contributed by atoms with Crippen molar-refractivity contribution in [2.75, 3.05) is 19.6 Å². The van der Waals surface area contributed by atoms with Crippen molar-refractivity contribution in [1.29, 1.82) is 0 Å². The number of aromatic hydroxyl groups is 1. The van der Waals surface area contributed by atoms with Gasteiger partial charge in [0, 0.05) is 6.42 Å². The molecule has 0 saturated heterocycles. The number of nitrogens with one attached hydrogen (secondary N) is 9. The zero-order chi connectivity index (χ0) is 55.7. The van der Waals surface area contributed by atoms with E-state index in [0.717, 1.165) is 20.8 Å². The fourth-order valence-corrected chi connectivity index (χ4v) is 6.51. The number of rotatable bonds is 33. The Morgan fingerprint density at radius 3 is 1.58 bits per heavy atom. The van der Waals surface area contributed by atoms with Crippen molar-refractivity contribution in [1.82, 2.24) is 47.9 Å². The molecule has 0 fully saturated rings. The van der Waals surface area contributed by atoms with Crippen LogP contribution in [0.5, 0.6) is 5.75 Å². The second-order valence-electron chi connectivity index (χ2n) is 17.4. The third-order valence-corrected chi connectivity index (χ3v) is 10.4. The first-order chi connectivity index (χ1) is 34.1. The molecule has 0 bridgehead atoms. The lowest BCUT2D eigenvalue weighted by molar-refractivity contribution is -0.145. The van der Waals surface area contributed by atoms with E-state index in [1.807, 2.05) is 5.32 Å². The van der Waals surface area contributed by atoms with Gasteiger partial charge in [0.05, 0.1) is 44.2 Å². The Morgan fingerprint density at radius 2 is 1.04 bits per heavy atom. The molecular weight excluding hydrogens is 971 g/mol. The number of carboxylic acids is 3. The van der Waals surface area contributed by atoms with Crippen LogP contribution >= 0.6 is 0 Å². The lowest BCUT2D eigenvalue weighted by Crippen LogP contribution is -2.62. The van der Waals surface area contributed by atoms with Crippen LogP contribution in [-0.2, 0) is 64.0 Å². The van der Waals surface area contributed by atoms with Gasteiger partial charge in [-0.2, -0.15) is 0 Å². The summed E-state index contributed by atoms with van der Waals surface area (Å²) >= 11 is 0. The highest BCUT2D eigenvalue weighted by molar-refractivity contribution is 5.98. The monoisotopic (exact) mass is 1040 g/mol. The first-order valence-corrected chi connectivity index (χ1v) is 23.0. The zero-order valence-corrected chi connectivity index (χ0v) is 41.0. The van der Waals surface area contributed by atoms with Gasteiger partial charge in [0.2, 0.25) is 53.2 Å². The Labute approximate surface area is 419 Å². The molecule has 19 N–H and O–H groups in total. The Kier molecular flexibility index (Phi) is 27.6. The number of carbonyl (C=O) groups is 12. The van der Waals surface area contributed by atoms with E-state index >= 15 is 0 Å². The summed E-state index contributed by atoms with van der Waals surface area (Å²) < 4.78 is 0. The molecule has 0 spiro atoms. The van der Waals surface area contributed by atoms with Crippen molar-refractivity contribution in [3.63, 3.8) is 0 Å². The van der Waals surface area contributed by atoms with Crippen LogP contribution < -0.4 is 59.3 Å². The number of unbranched alkanes of at least 4 members (excludes halogenated alkanes) is 1. The summed E-state index contributed by atoms with van der Waals surface area (Å²) in [5, 5.41) is 78.4. The normalized spacial score (nSPS) is 15.1. The molecule has 0 unspecified atom stereocenters. The third kappa shape index (κ3) is 24.5. The number of aliphatic hydroxyl groups excluding tert-OH is 2. The molecular formula is C44H69N11O18. The number of phenolic OH excluding ortho intramolecular Hbond substituents is 1. The number of aliphatic hydroxyl groups is 2. The summed E-state index contributed by atoms with van der Waals surface area (Å²) in [5.41, 5.74) is 11.5. The van der Waals surface area contributed by atoms with Gasteiger partial charge in [-0.1, -0.05) is 26.0 Å². The van der Waals surface area contributed by atoms with Gasteiger partial charge in [-0.25, -0.2) is 4.79 Å². The Morgan fingerprint density at radius 1 is 0.534 bits per heavy atom. The average Bonchev–Trinajstić information content (AvgIpc) is 3.29. The van der Waals surface area contributed by atoms with Crippen molar-refractivity contribution >= 4 is 71.1 Å². The van der Waals surface area contributed by atoms with E-state index in [9.17, 15) is 83.1 Å². The fourth-order valence-electron chi connectivity index (χ4n) is 6.51. The third-order valence-electron chi connectivity index (χ3n) is 10.4. The SMILES string of the molecule is CC(C)C[C@H](NC(=O)[C@H](CCCCN)NC(=O)CNC(=O)CNC(=O)[C@H](C)NC(=O)[C@H](CC(=O)O)NC(=O)[C@@H](N)CC(=O)O)C(=O)N[C@H](C(=O)N[C@@H](Cc1ccc(O)cc1)C(=O)N[C@H](C(=O)O)[C@@H](C)O)[C@@H](C)O. The average molecular weight is 1040 g/mol. The molecule has 1 rings (SSSR count). The van der Waals surface area contributed by atoms with Crippen molar-refractivity contribution in [2.24, 2.45) is 17.4 Å². The number of hydrogen-bond acceptors (Lipinski definition) is 17. The van der Waals surface area contributed by atoms with E-state index in [0.29, 0.717) is 18.4 Å². The largest absolute Gasteiger partial charge is 0.508 e. The van der Waals surface area contributed by atoms with Crippen molar-refractivity contribution in [3.8, 4) is 5.75 Å². The number of hydrogen-bond donors (Lipinski definition) is 17. The molecule has 73 heavy (non-hydrogen) atoms. The number of aliphatic carboxylic acids is 3. The van der Waals surface area contributed by atoms with Gasteiger partial charge in [-0.05, 0) is 76.6 Å². The van der Waals surface area contributed by atoms with Crippen LogP contribution in [0.3, 0.4) is 0 Å². The second-order valence-corrected chi connectivity index (χ2v) is 17.4. The summed E-state index contributed by atoms with van der Waals surface area (Å²) in [7, 11) is 0. The molecule has 0 saturated carbocycles. The Bertz CT molecular complexity index is 2110. The lowest BCUT2D eigenvalue weighted by Gasteiger charge is -2.29. The maximum absolute atomic E-state index is 13.8. The smallest absolute Gasteiger partial charge is 0.328 e. The van der Waals surface area contributed by atoms with Crippen LogP contribution in [0.1, 0.15) is 78.7 Å². The van der Waals surface area contributed by atoms with Crippen molar-refractivity contribution < 1.29 is 88.2 Å². The number of carboxylic acid groups (broad SMARTS) is 3. The number of carbonyl (C=O) groups excluding carboxylic acids is 9. The molecule has 1 aromatic carbocycles. The molecule has 0 radical (unpaired) electrons. The Balaban J connectivity index is 3.09. The molecule has 10 atom stereocenters. The Hall–Kier alpha value is -7.50. The van der Waals surface area contributed by atoms with Crippen LogP contribution in [0.25, 0.3) is 0 Å². The van der Waals surface area contributed by atoms with E-state index in [1.54, 1.807) is 13.8 Å². The van der Waals surface area contributed by atoms with E-state index in [2.05, 4.69) is 42.5 Å². The summed E-state index contributed by atoms with van der Waals surface area (Å²) in [6.07, 6.45) is -4.59. The van der Waals surface area contributed by atoms with Crippen LogP contribution in [0.4, 0.5) is 0 Å². The molecule has 0 aliphatic heterocycles. The predicted octanol–water partition coefficient (Wildman–Crippen LogP) is -6.12. The summed E-state index contributed by atoms with van der Waals surface area (Å²) in [4.78, 5) is 152. The number of phenols is 1. The number of benzene rings is 1. The summed E-state index contributed by atoms with van der Waals surface area (Å²) in [6, 6.07) is -7.21. The van der Waals surface area contributed by atoms with Crippen LogP contribution in [0.15, 0.2) is 24.3 Å². The minimum absolute atomic E-state index is 0.00841. The van der Waals surface area contributed by atoms with Crippen LogP contribution in [0, 0.1) is 5.92 Å². The maximum Gasteiger partial charge on any atom is 0.328 e. The lowest BCUT2D eigenvalue weighted by atomic mass is 10.0. The van der Waals surface area contributed by atoms with Gasteiger partial charge < -0.3 is 90.0 Å². The van der Waals surface area contributed by atoms with Gasteiger partial charge in [0.25, 0.3) is 0 Å². The van der Waals surface area contributed by atoms with E-state index in [4.69, 9.17) is 16.6 Å². The minimum atomic E-state index is -1.79. The molecule has 29 nitrogen and oxygen atoms in total. The molecule has 0 heterocycles. The number of nitrogens with two attached hydrogens (primary N) is 2. The molecule has 0 aliphatic carbocycles. The van der Waals surface area contributed by atoms with E-state index in [-0.39, 0.29) is 37.5 Å².